The van der Waals surface area contributed by atoms with Gasteiger partial charge in [0.25, 0.3) is 0 Å². The molecule has 0 aliphatic heterocycles. The second-order valence-corrected chi connectivity index (χ2v) is 6.19. The Bertz CT molecular complexity index is 487. The molecule has 0 saturated carbocycles. The van der Waals surface area contributed by atoms with Crippen LogP contribution in [-0.4, -0.2) is 27.6 Å². The Morgan fingerprint density at radius 1 is 1.32 bits per heavy atom. The maximum Gasteiger partial charge on any atom is 0.328 e. The molecule has 3 N–H and O–H groups in total. The van der Waals surface area contributed by atoms with Crippen molar-refractivity contribution >= 4 is 28.5 Å². The predicted molar refractivity (Wildman–Crippen MR) is 72.6 cm³/mol. The fourth-order valence-corrected chi connectivity index (χ4v) is 2.92. The number of carbonyl (C=O) groups is 2. The number of carbonyl (C=O) groups excluding carboxylic acids is 1. The van der Waals surface area contributed by atoms with Crippen molar-refractivity contribution in [1.29, 1.82) is 0 Å². The first-order valence-electron chi connectivity index (χ1n) is 6.19. The van der Waals surface area contributed by atoms with E-state index in [2.05, 4.69) is 15.6 Å². The summed E-state index contributed by atoms with van der Waals surface area (Å²) in [5.41, 5.74) is -0.245. The number of hydrogen-bond donors (Lipinski definition) is 3. The van der Waals surface area contributed by atoms with Gasteiger partial charge in [-0.3, -0.25) is 5.32 Å². The van der Waals surface area contributed by atoms with Crippen LogP contribution in [0.4, 0.5) is 9.93 Å². The van der Waals surface area contributed by atoms with Crippen molar-refractivity contribution in [3.8, 4) is 0 Å². The van der Waals surface area contributed by atoms with Crippen LogP contribution in [-0.2, 0) is 17.6 Å². The van der Waals surface area contributed by atoms with E-state index in [1.807, 2.05) is 0 Å². The maximum absolute atomic E-state index is 11.7. The van der Waals surface area contributed by atoms with Crippen LogP contribution in [0.25, 0.3) is 0 Å². The summed E-state index contributed by atoms with van der Waals surface area (Å²) < 4.78 is 0. The molecule has 6 nitrogen and oxygen atoms in total. The number of aryl methyl sites for hydroxylation is 2. The summed E-state index contributed by atoms with van der Waals surface area (Å²) in [6.07, 6.45) is 4.26. The standard InChI is InChI=1S/C12H17N3O3S/c1-12(2,9(16)17)15-10(18)14-11-13-7-5-3-4-6-8(7)19-11/h3-6H2,1-2H3,(H,16,17)(H2,13,14,15,18). The zero-order valence-electron chi connectivity index (χ0n) is 10.9. The fourth-order valence-electron chi connectivity index (χ4n) is 1.87. The van der Waals surface area contributed by atoms with Gasteiger partial charge in [-0.25, -0.2) is 14.6 Å². The zero-order valence-corrected chi connectivity index (χ0v) is 11.8. The first-order chi connectivity index (χ1) is 8.88. The number of anilines is 1. The van der Waals surface area contributed by atoms with Gasteiger partial charge in [-0.1, -0.05) is 0 Å². The van der Waals surface area contributed by atoms with Gasteiger partial charge in [0.1, 0.15) is 5.54 Å². The van der Waals surface area contributed by atoms with E-state index in [4.69, 9.17) is 5.11 Å². The van der Waals surface area contributed by atoms with E-state index in [0.29, 0.717) is 5.13 Å². The minimum atomic E-state index is -1.30. The Kier molecular flexibility index (Phi) is 3.75. The van der Waals surface area contributed by atoms with Gasteiger partial charge in [0.2, 0.25) is 0 Å². The SMILES string of the molecule is CC(C)(NC(=O)Nc1nc2c(s1)CCCC2)C(=O)O. The highest BCUT2D eigenvalue weighted by Crippen LogP contribution is 2.29. The zero-order chi connectivity index (χ0) is 14.0. The molecule has 0 spiro atoms. The van der Waals surface area contributed by atoms with Crippen LogP contribution < -0.4 is 10.6 Å². The van der Waals surface area contributed by atoms with E-state index < -0.39 is 17.5 Å². The number of thiazole rings is 1. The predicted octanol–water partition coefficient (Wildman–Crippen LogP) is 2.01. The van der Waals surface area contributed by atoms with E-state index in [1.54, 1.807) is 0 Å². The number of carboxylic acid groups (broad SMARTS) is 1. The number of aromatic nitrogens is 1. The summed E-state index contributed by atoms with van der Waals surface area (Å²) >= 11 is 1.47. The first-order valence-corrected chi connectivity index (χ1v) is 7.01. The fraction of sp³-hybridized carbons (Fsp3) is 0.583. The highest BCUT2D eigenvalue weighted by Gasteiger charge is 2.29. The average molecular weight is 283 g/mol. The molecule has 0 saturated heterocycles. The van der Waals surface area contributed by atoms with Crippen molar-refractivity contribution in [2.24, 2.45) is 0 Å². The number of hydrogen-bond acceptors (Lipinski definition) is 4. The third-order valence-electron chi connectivity index (χ3n) is 3.03. The van der Waals surface area contributed by atoms with Gasteiger partial charge in [0.15, 0.2) is 5.13 Å². The third kappa shape index (κ3) is 3.23. The summed E-state index contributed by atoms with van der Waals surface area (Å²) in [5, 5.41) is 14.5. The number of amides is 2. The molecule has 0 atom stereocenters. The van der Waals surface area contributed by atoms with E-state index in [9.17, 15) is 9.59 Å². The van der Waals surface area contributed by atoms with Gasteiger partial charge in [0, 0.05) is 4.88 Å². The molecular weight excluding hydrogens is 266 g/mol. The molecule has 0 fully saturated rings. The van der Waals surface area contributed by atoms with E-state index in [-0.39, 0.29) is 0 Å². The minimum Gasteiger partial charge on any atom is -0.480 e. The minimum absolute atomic E-state index is 0.533. The number of aliphatic carboxylic acids is 1. The Morgan fingerprint density at radius 2 is 2.00 bits per heavy atom. The molecule has 19 heavy (non-hydrogen) atoms. The van der Waals surface area contributed by atoms with Crippen molar-refractivity contribution in [2.45, 2.75) is 45.1 Å². The lowest BCUT2D eigenvalue weighted by molar-refractivity contribution is -0.142. The Hall–Kier alpha value is -1.63. The number of rotatable bonds is 3. The molecule has 1 aliphatic rings. The molecule has 0 bridgehead atoms. The number of urea groups is 1. The summed E-state index contributed by atoms with van der Waals surface area (Å²) in [4.78, 5) is 28.2. The highest BCUT2D eigenvalue weighted by molar-refractivity contribution is 7.15. The molecule has 0 unspecified atom stereocenters. The molecule has 2 amide bonds. The Morgan fingerprint density at radius 3 is 2.63 bits per heavy atom. The monoisotopic (exact) mass is 283 g/mol. The number of nitrogens with one attached hydrogen (secondary N) is 2. The molecule has 2 rings (SSSR count). The van der Waals surface area contributed by atoms with Crippen molar-refractivity contribution in [3.63, 3.8) is 0 Å². The van der Waals surface area contributed by atoms with Crippen LogP contribution in [0.1, 0.15) is 37.3 Å². The number of fused-ring (bicyclic) bond motifs is 1. The number of carboxylic acids is 1. The molecular formula is C12H17N3O3S. The van der Waals surface area contributed by atoms with Crippen LogP contribution in [0.5, 0.6) is 0 Å². The maximum atomic E-state index is 11.7. The molecule has 0 aromatic carbocycles. The topological polar surface area (TPSA) is 91.3 Å². The van der Waals surface area contributed by atoms with Gasteiger partial charge < -0.3 is 10.4 Å². The lowest BCUT2D eigenvalue weighted by Gasteiger charge is -2.20. The van der Waals surface area contributed by atoms with Crippen molar-refractivity contribution in [1.82, 2.24) is 10.3 Å². The van der Waals surface area contributed by atoms with Gasteiger partial charge in [-0.2, -0.15) is 0 Å². The van der Waals surface area contributed by atoms with Gasteiger partial charge in [-0.05, 0) is 39.5 Å². The third-order valence-corrected chi connectivity index (χ3v) is 4.10. The van der Waals surface area contributed by atoms with Crippen molar-refractivity contribution < 1.29 is 14.7 Å². The lowest BCUT2D eigenvalue weighted by Crippen LogP contribution is -2.51. The number of nitrogens with zero attached hydrogens (tertiary/aromatic N) is 1. The van der Waals surface area contributed by atoms with Crippen LogP contribution in [0.2, 0.25) is 0 Å². The Labute approximate surface area is 115 Å². The Balaban J connectivity index is 1.99. The quantitative estimate of drug-likeness (QED) is 0.791. The molecule has 1 aromatic rings. The summed E-state index contributed by atoms with van der Waals surface area (Å²) in [6.45, 7) is 2.86. The van der Waals surface area contributed by atoms with Crippen LogP contribution in [0.3, 0.4) is 0 Å². The second-order valence-electron chi connectivity index (χ2n) is 5.11. The van der Waals surface area contributed by atoms with Gasteiger partial charge >= 0.3 is 12.0 Å². The highest BCUT2D eigenvalue weighted by atomic mass is 32.1. The molecule has 104 valence electrons. The largest absolute Gasteiger partial charge is 0.480 e. The molecule has 1 aromatic heterocycles. The van der Waals surface area contributed by atoms with E-state index in [0.717, 1.165) is 31.4 Å². The normalized spacial score (nSPS) is 14.6. The first kappa shape index (κ1) is 13.8. The van der Waals surface area contributed by atoms with Crippen LogP contribution in [0, 0.1) is 0 Å². The average Bonchev–Trinajstić information content (AvgIpc) is 2.69. The van der Waals surface area contributed by atoms with Crippen molar-refractivity contribution in [2.75, 3.05) is 5.32 Å². The molecule has 1 heterocycles. The summed E-state index contributed by atoms with van der Waals surface area (Å²) in [5.74, 6) is -1.08. The smallest absolute Gasteiger partial charge is 0.328 e. The van der Waals surface area contributed by atoms with Gasteiger partial charge in [0.05, 0.1) is 5.69 Å². The van der Waals surface area contributed by atoms with Crippen LogP contribution >= 0.6 is 11.3 Å². The molecule has 0 radical (unpaired) electrons. The van der Waals surface area contributed by atoms with Gasteiger partial charge in [-0.15, -0.1) is 11.3 Å². The summed E-state index contributed by atoms with van der Waals surface area (Å²) in [6, 6.07) is -0.543. The molecule has 1 aliphatic carbocycles. The lowest BCUT2D eigenvalue weighted by atomic mass is 10.0. The van der Waals surface area contributed by atoms with E-state index >= 15 is 0 Å². The van der Waals surface area contributed by atoms with Crippen LogP contribution in [0.15, 0.2) is 0 Å². The second kappa shape index (κ2) is 5.16. The van der Waals surface area contributed by atoms with Crippen molar-refractivity contribution in [3.05, 3.63) is 10.6 Å². The summed E-state index contributed by atoms with van der Waals surface area (Å²) in [7, 11) is 0. The molecule has 7 heteroatoms. The van der Waals surface area contributed by atoms with E-state index in [1.165, 1.54) is 30.1 Å².